The Morgan fingerprint density at radius 1 is 0.833 bits per heavy atom. The predicted molar refractivity (Wildman–Crippen MR) is 71.6 cm³/mol. The van der Waals surface area contributed by atoms with Crippen molar-refractivity contribution in [3.05, 3.63) is 0 Å². The van der Waals surface area contributed by atoms with E-state index in [0.717, 1.165) is 32.5 Å². The fourth-order valence-corrected chi connectivity index (χ4v) is 1.49. The molecule has 0 fully saturated rings. The molecule has 0 radical (unpaired) electrons. The molecule has 0 aromatic heterocycles. The summed E-state index contributed by atoms with van der Waals surface area (Å²) in [5.74, 6) is -0.107. The van der Waals surface area contributed by atoms with Crippen LogP contribution in [0.2, 0.25) is 0 Å². The van der Waals surface area contributed by atoms with E-state index in [2.05, 4.69) is 6.92 Å². The molecule has 0 rings (SSSR count). The molecule has 0 aliphatic heterocycles. The lowest BCUT2D eigenvalue weighted by Gasteiger charge is -2.06. The number of carbonyl (C=O) groups is 1. The molecule has 4 nitrogen and oxygen atoms in total. The number of ether oxygens (including phenoxy) is 3. The largest absolute Gasteiger partial charge is 0.463 e. The Morgan fingerprint density at radius 2 is 1.61 bits per heavy atom. The molecule has 0 saturated carbocycles. The van der Waals surface area contributed by atoms with Gasteiger partial charge >= 0.3 is 5.97 Å². The molecule has 0 spiro atoms. The lowest BCUT2D eigenvalue weighted by molar-refractivity contribution is -0.145. The lowest BCUT2D eigenvalue weighted by Crippen LogP contribution is -2.11. The molecular formula is C14H28O4. The highest BCUT2D eigenvalue weighted by atomic mass is 16.6. The van der Waals surface area contributed by atoms with Crippen LogP contribution < -0.4 is 0 Å². The maximum absolute atomic E-state index is 11.3. The number of esters is 1. The van der Waals surface area contributed by atoms with Crippen LogP contribution in [0.25, 0.3) is 0 Å². The van der Waals surface area contributed by atoms with E-state index in [0.29, 0.717) is 26.2 Å². The van der Waals surface area contributed by atoms with Gasteiger partial charge in [0.2, 0.25) is 0 Å². The predicted octanol–water partition coefficient (Wildman–Crippen LogP) is 2.94. The molecule has 0 aliphatic rings. The molecule has 0 heterocycles. The number of hydrogen-bond acceptors (Lipinski definition) is 4. The second-order valence-electron chi connectivity index (χ2n) is 4.19. The monoisotopic (exact) mass is 260 g/mol. The SMILES string of the molecule is CCCCCCC(=O)OCCOCCCOCC. The minimum atomic E-state index is -0.107. The van der Waals surface area contributed by atoms with Crippen molar-refractivity contribution in [3.8, 4) is 0 Å². The van der Waals surface area contributed by atoms with Gasteiger partial charge in [-0.2, -0.15) is 0 Å². The van der Waals surface area contributed by atoms with Crippen molar-refractivity contribution >= 4 is 5.97 Å². The van der Waals surface area contributed by atoms with Gasteiger partial charge in [-0.1, -0.05) is 26.2 Å². The highest BCUT2D eigenvalue weighted by molar-refractivity contribution is 5.69. The van der Waals surface area contributed by atoms with E-state index in [9.17, 15) is 4.79 Å². The summed E-state index contributed by atoms with van der Waals surface area (Å²) < 4.78 is 15.5. The topological polar surface area (TPSA) is 44.8 Å². The summed E-state index contributed by atoms with van der Waals surface area (Å²) in [7, 11) is 0. The van der Waals surface area contributed by atoms with Crippen LogP contribution in [0.5, 0.6) is 0 Å². The van der Waals surface area contributed by atoms with Gasteiger partial charge in [-0.25, -0.2) is 0 Å². The van der Waals surface area contributed by atoms with Gasteiger partial charge in [0.05, 0.1) is 6.61 Å². The third kappa shape index (κ3) is 13.5. The van der Waals surface area contributed by atoms with Gasteiger partial charge in [-0.15, -0.1) is 0 Å². The standard InChI is InChI=1S/C14H28O4/c1-3-5-6-7-9-14(15)18-13-12-17-11-8-10-16-4-2/h3-13H2,1-2H3. The summed E-state index contributed by atoms with van der Waals surface area (Å²) in [4.78, 5) is 11.3. The van der Waals surface area contributed by atoms with E-state index in [4.69, 9.17) is 14.2 Å². The summed E-state index contributed by atoms with van der Waals surface area (Å²) in [5, 5.41) is 0. The van der Waals surface area contributed by atoms with Crippen LogP contribution in [0.1, 0.15) is 52.4 Å². The Labute approximate surface area is 111 Å². The number of carbonyl (C=O) groups excluding carboxylic acids is 1. The van der Waals surface area contributed by atoms with Crippen LogP contribution in [0.3, 0.4) is 0 Å². The van der Waals surface area contributed by atoms with Crippen LogP contribution >= 0.6 is 0 Å². The van der Waals surface area contributed by atoms with Gasteiger partial charge in [0.25, 0.3) is 0 Å². The van der Waals surface area contributed by atoms with Crippen LogP contribution in [-0.4, -0.2) is 39.0 Å². The molecule has 0 N–H and O–H groups in total. The second kappa shape index (κ2) is 14.5. The first-order valence-corrected chi connectivity index (χ1v) is 7.12. The first kappa shape index (κ1) is 17.4. The highest BCUT2D eigenvalue weighted by Crippen LogP contribution is 2.03. The quantitative estimate of drug-likeness (QED) is 0.377. The Balaban J connectivity index is 3.10. The van der Waals surface area contributed by atoms with Gasteiger partial charge in [-0.3, -0.25) is 4.79 Å². The van der Waals surface area contributed by atoms with E-state index < -0.39 is 0 Å². The smallest absolute Gasteiger partial charge is 0.305 e. The van der Waals surface area contributed by atoms with Gasteiger partial charge < -0.3 is 14.2 Å². The zero-order valence-electron chi connectivity index (χ0n) is 11.9. The molecule has 0 aromatic carbocycles. The van der Waals surface area contributed by atoms with E-state index in [-0.39, 0.29) is 5.97 Å². The number of hydrogen-bond donors (Lipinski definition) is 0. The summed E-state index contributed by atoms with van der Waals surface area (Å²) in [6.45, 7) is 7.10. The molecular weight excluding hydrogens is 232 g/mol. The van der Waals surface area contributed by atoms with Crippen molar-refractivity contribution in [2.75, 3.05) is 33.0 Å². The minimum absolute atomic E-state index is 0.107. The van der Waals surface area contributed by atoms with Crippen molar-refractivity contribution in [2.45, 2.75) is 52.4 Å². The van der Waals surface area contributed by atoms with E-state index in [1.807, 2.05) is 6.92 Å². The fourth-order valence-electron chi connectivity index (χ4n) is 1.49. The molecule has 0 saturated heterocycles. The van der Waals surface area contributed by atoms with Crippen molar-refractivity contribution in [2.24, 2.45) is 0 Å². The average Bonchev–Trinajstić information content (AvgIpc) is 2.38. The summed E-state index contributed by atoms with van der Waals surface area (Å²) in [5.41, 5.74) is 0. The van der Waals surface area contributed by atoms with Crippen molar-refractivity contribution in [1.29, 1.82) is 0 Å². The Morgan fingerprint density at radius 3 is 2.33 bits per heavy atom. The van der Waals surface area contributed by atoms with Crippen LogP contribution in [0.4, 0.5) is 0 Å². The molecule has 0 aliphatic carbocycles. The Kier molecular flexibility index (Phi) is 14.0. The highest BCUT2D eigenvalue weighted by Gasteiger charge is 2.01. The molecule has 0 unspecified atom stereocenters. The summed E-state index contributed by atoms with van der Waals surface area (Å²) in [6, 6.07) is 0. The van der Waals surface area contributed by atoms with Crippen LogP contribution in [0.15, 0.2) is 0 Å². The first-order chi connectivity index (χ1) is 8.81. The third-order valence-corrected chi connectivity index (χ3v) is 2.51. The fraction of sp³-hybridized carbons (Fsp3) is 0.929. The number of rotatable bonds is 13. The minimum Gasteiger partial charge on any atom is -0.463 e. The molecule has 0 atom stereocenters. The zero-order chi connectivity index (χ0) is 13.5. The van der Waals surface area contributed by atoms with Gasteiger partial charge in [0.15, 0.2) is 0 Å². The molecule has 18 heavy (non-hydrogen) atoms. The molecule has 4 heteroatoms. The van der Waals surface area contributed by atoms with E-state index in [1.165, 1.54) is 12.8 Å². The average molecular weight is 260 g/mol. The maximum atomic E-state index is 11.3. The van der Waals surface area contributed by atoms with Crippen LogP contribution in [0, 0.1) is 0 Å². The van der Waals surface area contributed by atoms with E-state index in [1.54, 1.807) is 0 Å². The summed E-state index contributed by atoms with van der Waals surface area (Å²) >= 11 is 0. The Bertz CT molecular complexity index is 183. The van der Waals surface area contributed by atoms with Gasteiger partial charge in [-0.05, 0) is 19.8 Å². The van der Waals surface area contributed by atoms with Crippen LogP contribution in [-0.2, 0) is 19.0 Å². The number of unbranched alkanes of at least 4 members (excludes halogenated alkanes) is 3. The second-order valence-corrected chi connectivity index (χ2v) is 4.19. The van der Waals surface area contributed by atoms with Gasteiger partial charge in [0.1, 0.15) is 6.61 Å². The molecule has 0 amide bonds. The van der Waals surface area contributed by atoms with Crippen molar-refractivity contribution in [3.63, 3.8) is 0 Å². The first-order valence-electron chi connectivity index (χ1n) is 7.12. The van der Waals surface area contributed by atoms with E-state index >= 15 is 0 Å². The molecule has 108 valence electrons. The lowest BCUT2D eigenvalue weighted by atomic mass is 10.2. The third-order valence-electron chi connectivity index (χ3n) is 2.51. The zero-order valence-corrected chi connectivity index (χ0v) is 11.9. The van der Waals surface area contributed by atoms with Crippen molar-refractivity contribution < 1.29 is 19.0 Å². The maximum Gasteiger partial charge on any atom is 0.305 e. The Hall–Kier alpha value is -0.610. The normalized spacial score (nSPS) is 10.6. The van der Waals surface area contributed by atoms with Gasteiger partial charge in [0, 0.05) is 26.2 Å². The summed E-state index contributed by atoms with van der Waals surface area (Å²) in [6.07, 6.45) is 5.84. The molecule has 0 bridgehead atoms. The van der Waals surface area contributed by atoms with Crippen molar-refractivity contribution in [1.82, 2.24) is 0 Å². The molecule has 0 aromatic rings.